The van der Waals surface area contributed by atoms with Crippen molar-refractivity contribution < 1.29 is 5.84 Å². The largest absolute Gasteiger partial charge is 0.415 e. The Morgan fingerprint density at radius 3 is 2.62 bits per heavy atom. The van der Waals surface area contributed by atoms with Crippen LogP contribution in [-0.2, 0) is 6.54 Å². The molecule has 0 saturated carbocycles. The molecular formula is C25H28N6O. The molecule has 0 aliphatic carbocycles. The number of anilines is 1. The fraction of sp³-hybridized carbons (Fsp3) is 0.280. The first kappa shape index (κ1) is 20.3. The van der Waals surface area contributed by atoms with Gasteiger partial charge in [0.15, 0.2) is 5.69 Å². The molecule has 4 aromatic rings. The highest BCUT2D eigenvalue weighted by Gasteiger charge is 2.26. The normalized spacial score (nSPS) is 15.9. The fourth-order valence-corrected chi connectivity index (χ4v) is 4.17. The molecule has 1 saturated heterocycles. The molecule has 3 heterocycles. The zero-order valence-electron chi connectivity index (χ0n) is 18.3. The quantitative estimate of drug-likeness (QED) is 0.486. The third-order valence-electron chi connectivity index (χ3n) is 5.94. The Balaban J connectivity index is 0.00000259. The predicted molar refractivity (Wildman–Crippen MR) is 126 cm³/mol. The molecule has 1 atom stereocenters. The summed E-state index contributed by atoms with van der Waals surface area (Å²) in [6, 6.07) is 18.8. The summed E-state index contributed by atoms with van der Waals surface area (Å²) in [5, 5.41) is 11.7. The highest BCUT2D eigenvalue weighted by atomic mass is 16.4. The Hall–Kier alpha value is -3.58. The lowest BCUT2D eigenvalue weighted by Gasteiger charge is -2.18. The minimum absolute atomic E-state index is 0. The van der Waals surface area contributed by atoms with Gasteiger partial charge in [-0.15, -0.1) is 10.2 Å². The van der Waals surface area contributed by atoms with Crippen LogP contribution in [0.25, 0.3) is 23.0 Å². The summed E-state index contributed by atoms with van der Waals surface area (Å²) in [6.07, 6.45) is 2.94. The Morgan fingerprint density at radius 2 is 1.84 bits per heavy atom. The van der Waals surface area contributed by atoms with Crippen molar-refractivity contribution in [3.8, 4) is 23.0 Å². The van der Waals surface area contributed by atoms with Crippen LogP contribution in [0.4, 0.5) is 5.82 Å². The maximum atomic E-state index is 5.99. The van der Waals surface area contributed by atoms with Gasteiger partial charge in [0.05, 0.1) is 11.9 Å². The standard InChI is InChI=1S/C25H26N6O.H2/c1-17-23(25-30-29-24(32-25)20-10-8-18(9-11-20)14-26-2)28-22(15-27-17)31-13-12-21(16-31)19-6-4-3-5-7-19;/h3-11,15,21,26H,12-14,16H2,1-2H3;1H. The van der Waals surface area contributed by atoms with Crippen molar-refractivity contribution in [1.82, 2.24) is 25.5 Å². The maximum Gasteiger partial charge on any atom is 0.268 e. The monoisotopic (exact) mass is 428 g/mol. The molecule has 1 unspecified atom stereocenters. The molecule has 0 radical (unpaired) electrons. The highest BCUT2D eigenvalue weighted by molar-refractivity contribution is 5.58. The Bertz CT molecular complexity index is 1200. The van der Waals surface area contributed by atoms with Gasteiger partial charge in [0.1, 0.15) is 5.82 Å². The molecule has 1 aliphatic rings. The van der Waals surface area contributed by atoms with E-state index < -0.39 is 0 Å². The SMILES string of the molecule is CNCc1ccc(-c2nnc(-c3nc(N4CCC(c5ccccc5)C4)cnc3C)o2)cc1.[HH]. The van der Waals surface area contributed by atoms with Crippen LogP contribution in [0.2, 0.25) is 0 Å². The van der Waals surface area contributed by atoms with Crippen LogP contribution in [0.3, 0.4) is 0 Å². The number of nitrogens with one attached hydrogen (secondary N) is 1. The van der Waals surface area contributed by atoms with E-state index in [0.717, 1.165) is 43.1 Å². The average molecular weight is 429 g/mol. The number of nitrogens with zero attached hydrogens (tertiary/aromatic N) is 5. The van der Waals surface area contributed by atoms with Crippen LogP contribution in [0.1, 0.15) is 30.6 Å². The zero-order valence-corrected chi connectivity index (χ0v) is 18.3. The lowest BCUT2D eigenvalue weighted by molar-refractivity contribution is 0.581. The third kappa shape index (κ3) is 4.11. The van der Waals surface area contributed by atoms with Gasteiger partial charge in [0.2, 0.25) is 5.89 Å². The van der Waals surface area contributed by atoms with Crippen LogP contribution in [0, 0.1) is 6.92 Å². The third-order valence-corrected chi connectivity index (χ3v) is 5.94. The lowest BCUT2D eigenvalue weighted by atomic mass is 9.99. The first-order valence-electron chi connectivity index (χ1n) is 10.9. The number of hydrogen-bond acceptors (Lipinski definition) is 7. The molecule has 7 heteroatoms. The molecule has 2 aromatic heterocycles. The average Bonchev–Trinajstić information content (AvgIpc) is 3.51. The summed E-state index contributed by atoms with van der Waals surface area (Å²) in [4.78, 5) is 11.7. The van der Waals surface area contributed by atoms with Crippen molar-refractivity contribution in [3.63, 3.8) is 0 Å². The second kappa shape index (κ2) is 8.88. The van der Waals surface area contributed by atoms with E-state index in [1.165, 1.54) is 11.1 Å². The summed E-state index contributed by atoms with van der Waals surface area (Å²) in [5.41, 5.74) is 4.86. The van der Waals surface area contributed by atoms with Gasteiger partial charge >= 0.3 is 0 Å². The molecule has 0 spiro atoms. The molecule has 0 bridgehead atoms. The second-order valence-electron chi connectivity index (χ2n) is 8.14. The summed E-state index contributed by atoms with van der Waals surface area (Å²) in [5.74, 6) is 2.22. The van der Waals surface area contributed by atoms with E-state index in [1.807, 2.05) is 32.3 Å². The summed E-state index contributed by atoms with van der Waals surface area (Å²) in [6.45, 7) is 4.61. The predicted octanol–water partition coefficient (Wildman–Crippen LogP) is 4.46. The van der Waals surface area contributed by atoms with E-state index in [-0.39, 0.29) is 1.43 Å². The molecule has 5 rings (SSSR count). The van der Waals surface area contributed by atoms with Crippen LogP contribution in [0.5, 0.6) is 0 Å². The van der Waals surface area contributed by atoms with Gasteiger partial charge < -0.3 is 14.6 Å². The van der Waals surface area contributed by atoms with Crippen molar-refractivity contribution in [2.75, 3.05) is 25.0 Å². The molecule has 32 heavy (non-hydrogen) atoms. The second-order valence-corrected chi connectivity index (χ2v) is 8.14. The van der Waals surface area contributed by atoms with E-state index in [2.05, 4.69) is 67.9 Å². The molecule has 0 amide bonds. The Morgan fingerprint density at radius 1 is 1.06 bits per heavy atom. The van der Waals surface area contributed by atoms with Crippen LogP contribution in [-0.4, -0.2) is 40.3 Å². The van der Waals surface area contributed by atoms with Crippen LogP contribution in [0.15, 0.2) is 65.2 Å². The van der Waals surface area contributed by atoms with Gasteiger partial charge in [-0.05, 0) is 43.7 Å². The first-order valence-corrected chi connectivity index (χ1v) is 10.9. The minimum atomic E-state index is 0. The van der Waals surface area contributed by atoms with Crippen molar-refractivity contribution in [2.45, 2.75) is 25.8 Å². The lowest BCUT2D eigenvalue weighted by Crippen LogP contribution is -2.21. The topological polar surface area (TPSA) is 80.0 Å². The Kier molecular flexibility index (Phi) is 5.64. The van der Waals surface area contributed by atoms with Gasteiger partial charge in [-0.2, -0.15) is 0 Å². The fourth-order valence-electron chi connectivity index (χ4n) is 4.17. The number of rotatable bonds is 6. The molecule has 7 nitrogen and oxygen atoms in total. The van der Waals surface area contributed by atoms with Gasteiger partial charge in [0, 0.05) is 32.5 Å². The number of aromatic nitrogens is 4. The molecule has 164 valence electrons. The van der Waals surface area contributed by atoms with Crippen molar-refractivity contribution in [3.05, 3.63) is 77.6 Å². The van der Waals surface area contributed by atoms with Gasteiger partial charge in [0.25, 0.3) is 5.89 Å². The number of hydrogen-bond donors (Lipinski definition) is 1. The van der Waals surface area contributed by atoms with E-state index >= 15 is 0 Å². The minimum Gasteiger partial charge on any atom is -0.415 e. The van der Waals surface area contributed by atoms with E-state index in [1.54, 1.807) is 0 Å². The summed E-state index contributed by atoms with van der Waals surface area (Å²) in [7, 11) is 1.93. The highest BCUT2D eigenvalue weighted by Crippen LogP contribution is 2.31. The van der Waals surface area contributed by atoms with Crippen molar-refractivity contribution in [1.29, 1.82) is 0 Å². The smallest absolute Gasteiger partial charge is 0.268 e. The van der Waals surface area contributed by atoms with Gasteiger partial charge in [-0.25, -0.2) is 4.98 Å². The van der Waals surface area contributed by atoms with Gasteiger partial charge in [-0.1, -0.05) is 42.5 Å². The van der Waals surface area contributed by atoms with Crippen molar-refractivity contribution >= 4 is 5.82 Å². The summed E-state index contributed by atoms with van der Waals surface area (Å²) >= 11 is 0. The van der Waals surface area contributed by atoms with E-state index in [9.17, 15) is 0 Å². The molecule has 1 N–H and O–H groups in total. The van der Waals surface area contributed by atoms with Gasteiger partial charge in [-0.3, -0.25) is 4.98 Å². The Labute approximate surface area is 189 Å². The zero-order chi connectivity index (χ0) is 21.9. The maximum absolute atomic E-state index is 5.99. The molecular weight excluding hydrogens is 400 g/mol. The molecule has 1 fully saturated rings. The number of benzene rings is 2. The van der Waals surface area contributed by atoms with Crippen LogP contribution < -0.4 is 10.2 Å². The van der Waals surface area contributed by atoms with Crippen molar-refractivity contribution in [2.24, 2.45) is 0 Å². The van der Waals surface area contributed by atoms with E-state index in [0.29, 0.717) is 23.4 Å². The van der Waals surface area contributed by atoms with Crippen LogP contribution >= 0.6 is 0 Å². The molecule has 2 aromatic carbocycles. The number of aryl methyl sites for hydroxylation is 1. The first-order chi connectivity index (χ1) is 15.7. The van der Waals surface area contributed by atoms with E-state index in [4.69, 9.17) is 9.40 Å². The summed E-state index contributed by atoms with van der Waals surface area (Å²) < 4.78 is 5.99. The molecule has 1 aliphatic heterocycles.